The van der Waals surface area contributed by atoms with E-state index in [-0.39, 0.29) is 11.8 Å². The molecule has 0 aromatic rings. The highest BCUT2D eigenvalue weighted by Crippen LogP contribution is 2.53. The van der Waals surface area contributed by atoms with E-state index in [0.717, 1.165) is 45.9 Å². The number of morpholine rings is 1. The van der Waals surface area contributed by atoms with E-state index in [9.17, 15) is 4.79 Å². The Hall–Kier alpha value is -0.0700. The Balaban J connectivity index is 1.55. The second-order valence-corrected chi connectivity index (χ2v) is 7.64. The third-order valence-electron chi connectivity index (χ3n) is 4.65. The maximum Gasteiger partial charge on any atom is 0.226 e. The van der Waals surface area contributed by atoms with Crippen LogP contribution in [-0.4, -0.2) is 67.2 Å². The summed E-state index contributed by atoms with van der Waals surface area (Å²) in [7, 11) is 0. The van der Waals surface area contributed by atoms with Crippen molar-refractivity contribution in [1.29, 1.82) is 0 Å². The summed E-state index contributed by atoms with van der Waals surface area (Å²) >= 11 is 11.9. The summed E-state index contributed by atoms with van der Waals surface area (Å²) in [6.45, 7) is 5.56. The van der Waals surface area contributed by atoms with Crippen molar-refractivity contribution in [1.82, 2.24) is 10.2 Å². The van der Waals surface area contributed by atoms with E-state index in [1.54, 1.807) is 0 Å². The van der Waals surface area contributed by atoms with Crippen LogP contribution in [0.1, 0.15) is 12.8 Å². The summed E-state index contributed by atoms with van der Waals surface area (Å²) in [4.78, 5) is 14.5. The molecule has 1 saturated carbocycles. The number of nitrogens with one attached hydrogen (secondary N) is 1. The van der Waals surface area contributed by atoms with Crippen LogP contribution in [0, 0.1) is 11.8 Å². The molecule has 0 aromatic heterocycles. The lowest BCUT2D eigenvalue weighted by molar-refractivity contribution is -0.122. The number of halogens is 2. The van der Waals surface area contributed by atoms with Gasteiger partial charge in [0.2, 0.25) is 5.91 Å². The monoisotopic (exact) mass is 336 g/mol. The third kappa shape index (κ3) is 3.82. The average molecular weight is 337 g/mol. The number of carbonyl (C=O) groups is 1. The highest BCUT2D eigenvalue weighted by atomic mass is 35.5. The Kier molecular flexibility index (Phi) is 4.96. The molecule has 21 heavy (non-hydrogen) atoms. The summed E-state index contributed by atoms with van der Waals surface area (Å²) in [5.74, 6) is 0.183. The largest absolute Gasteiger partial charge is 0.381 e. The van der Waals surface area contributed by atoms with Gasteiger partial charge in [-0.1, -0.05) is 0 Å². The number of hydrogen-bond donors (Lipinski definition) is 1. The molecule has 1 aliphatic carbocycles. The molecule has 120 valence electrons. The van der Waals surface area contributed by atoms with Gasteiger partial charge in [-0.25, -0.2) is 0 Å². The first-order valence-electron chi connectivity index (χ1n) is 7.63. The zero-order chi connectivity index (χ0) is 14.9. The van der Waals surface area contributed by atoms with E-state index >= 15 is 0 Å². The van der Waals surface area contributed by atoms with E-state index < -0.39 is 4.33 Å². The highest BCUT2D eigenvalue weighted by molar-refractivity contribution is 6.52. The maximum atomic E-state index is 12.1. The molecule has 1 amide bonds. The van der Waals surface area contributed by atoms with E-state index in [1.165, 1.54) is 0 Å². The smallest absolute Gasteiger partial charge is 0.226 e. The van der Waals surface area contributed by atoms with Crippen LogP contribution in [0.4, 0.5) is 0 Å². The lowest BCUT2D eigenvalue weighted by Gasteiger charge is -2.37. The lowest BCUT2D eigenvalue weighted by atomic mass is 9.97. The number of hydrogen-bond acceptors (Lipinski definition) is 4. The van der Waals surface area contributed by atoms with Gasteiger partial charge < -0.3 is 14.8 Å². The Morgan fingerprint density at radius 3 is 2.57 bits per heavy atom. The first-order chi connectivity index (χ1) is 10.1. The first-order valence-corrected chi connectivity index (χ1v) is 8.38. The van der Waals surface area contributed by atoms with Gasteiger partial charge >= 0.3 is 0 Å². The van der Waals surface area contributed by atoms with Gasteiger partial charge in [0.1, 0.15) is 4.33 Å². The Bertz CT molecular complexity index is 382. The fraction of sp³-hybridized carbons (Fsp3) is 0.929. The van der Waals surface area contributed by atoms with Crippen LogP contribution in [0.5, 0.6) is 0 Å². The second-order valence-electron chi connectivity index (χ2n) is 6.10. The van der Waals surface area contributed by atoms with Gasteiger partial charge in [0.25, 0.3) is 0 Å². The minimum absolute atomic E-state index is 0.0304. The molecule has 3 unspecified atom stereocenters. The minimum Gasteiger partial charge on any atom is -0.381 e. The molecule has 0 spiro atoms. The van der Waals surface area contributed by atoms with E-state index in [1.807, 2.05) is 0 Å². The molecule has 3 fully saturated rings. The average Bonchev–Trinajstić information content (AvgIpc) is 2.90. The van der Waals surface area contributed by atoms with Crippen molar-refractivity contribution < 1.29 is 14.3 Å². The third-order valence-corrected chi connectivity index (χ3v) is 5.49. The van der Waals surface area contributed by atoms with Crippen molar-refractivity contribution >= 4 is 29.1 Å². The molecule has 0 bridgehead atoms. The molecule has 3 aliphatic rings. The molecule has 1 N–H and O–H groups in total. The van der Waals surface area contributed by atoms with Gasteiger partial charge in [0, 0.05) is 38.2 Å². The van der Waals surface area contributed by atoms with Crippen molar-refractivity contribution in [2.75, 3.05) is 46.1 Å². The number of rotatable bonds is 5. The maximum absolute atomic E-state index is 12.1. The van der Waals surface area contributed by atoms with Crippen LogP contribution in [-0.2, 0) is 14.3 Å². The van der Waals surface area contributed by atoms with Crippen LogP contribution in [0.3, 0.4) is 0 Å². The Labute approximate surface area is 135 Å². The van der Waals surface area contributed by atoms with Crippen LogP contribution in [0.25, 0.3) is 0 Å². The molecular formula is C14H22Cl2N2O3. The predicted octanol–water partition coefficient (Wildman–Crippen LogP) is 1.03. The van der Waals surface area contributed by atoms with Crippen LogP contribution in [0.15, 0.2) is 0 Å². The van der Waals surface area contributed by atoms with Crippen molar-refractivity contribution in [3.63, 3.8) is 0 Å². The van der Waals surface area contributed by atoms with Crippen molar-refractivity contribution in [2.45, 2.75) is 23.2 Å². The predicted molar refractivity (Wildman–Crippen MR) is 80.7 cm³/mol. The number of ether oxygens (including phenoxy) is 2. The number of amides is 1. The van der Waals surface area contributed by atoms with E-state index in [4.69, 9.17) is 32.7 Å². The van der Waals surface area contributed by atoms with Crippen LogP contribution >= 0.6 is 23.2 Å². The van der Waals surface area contributed by atoms with E-state index in [0.29, 0.717) is 24.9 Å². The van der Waals surface area contributed by atoms with Gasteiger partial charge in [-0.15, -0.1) is 23.2 Å². The quantitative estimate of drug-likeness (QED) is 0.762. The topological polar surface area (TPSA) is 50.8 Å². The molecule has 7 heteroatoms. The standard InChI is InChI=1S/C14H22Cl2N2O3/c15-14(16)7-11(14)13(19)17-8-12(10-1-4-21-9-10)18-2-5-20-6-3-18/h10-12H,1-9H2,(H,17,19). The summed E-state index contributed by atoms with van der Waals surface area (Å²) in [5.41, 5.74) is 0. The summed E-state index contributed by atoms with van der Waals surface area (Å²) in [6, 6.07) is 0.305. The normalized spacial score (nSPS) is 33.6. The van der Waals surface area contributed by atoms with Gasteiger partial charge in [-0.2, -0.15) is 0 Å². The molecule has 0 radical (unpaired) electrons. The van der Waals surface area contributed by atoms with E-state index in [2.05, 4.69) is 10.2 Å². The molecule has 5 nitrogen and oxygen atoms in total. The van der Waals surface area contributed by atoms with Gasteiger partial charge in [-0.05, 0) is 12.8 Å². The summed E-state index contributed by atoms with van der Waals surface area (Å²) in [6.07, 6.45) is 1.60. The second kappa shape index (κ2) is 6.59. The molecule has 0 aromatic carbocycles. The van der Waals surface area contributed by atoms with Gasteiger partial charge in [0.05, 0.1) is 25.7 Å². The van der Waals surface area contributed by atoms with Crippen molar-refractivity contribution in [3.05, 3.63) is 0 Å². The molecular weight excluding hydrogens is 315 g/mol. The van der Waals surface area contributed by atoms with Crippen molar-refractivity contribution in [3.8, 4) is 0 Å². The minimum atomic E-state index is -0.852. The lowest BCUT2D eigenvalue weighted by Crippen LogP contribution is -2.52. The van der Waals surface area contributed by atoms with Crippen molar-refractivity contribution in [2.24, 2.45) is 11.8 Å². The number of nitrogens with zero attached hydrogens (tertiary/aromatic N) is 1. The summed E-state index contributed by atoms with van der Waals surface area (Å²) < 4.78 is 10.1. The van der Waals surface area contributed by atoms with Crippen LogP contribution in [0.2, 0.25) is 0 Å². The van der Waals surface area contributed by atoms with Gasteiger partial charge in [0.15, 0.2) is 0 Å². The molecule has 3 rings (SSSR count). The molecule has 3 atom stereocenters. The highest BCUT2D eigenvalue weighted by Gasteiger charge is 2.56. The molecule has 2 saturated heterocycles. The molecule has 2 heterocycles. The van der Waals surface area contributed by atoms with Crippen LogP contribution < -0.4 is 5.32 Å². The Morgan fingerprint density at radius 1 is 1.29 bits per heavy atom. The fourth-order valence-electron chi connectivity index (χ4n) is 3.19. The molecule has 2 aliphatic heterocycles. The fourth-order valence-corrected chi connectivity index (χ4v) is 3.69. The number of alkyl halides is 2. The number of carbonyl (C=O) groups excluding carboxylic acids is 1. The van der Waals surface area contributed by atoms with Gasteiger partial charge in [-0.3, -0.25) is 9.69 Å². The first kappa shape index (κ1) is 15.8. The Morgan fingerprint density at radius 2 is 2.00 bits per heavy atom. The zero-order valence-corrected chi connectivity index (χ0v) is 13.5. The summed E-state index contributed by atoms with van der Waals surface area (Å²) in [5, 5.41) is 3.03. The zero-order valence-electron chi connectivity index (χ0n) is 12.0. The SMILES string of the molecule is O=C(NCC(C1CCOC1)N1CCOCC1)C1CC1(Cl)Cl.